The third-order valence-electron chi connectivity index (χ3n) is 8.35. The topological polar surface area (TPSA) is 217 Å². The minimum atomic E-state index is -1.68. The first-order valence-corrected chi connectivity index (χ1v) is 15.1. The molecule has 0 aromatic heterocycles. The Morgan fingerprint density at radius 3 is 1.11 bits per heavy atom. The molecule has 15 nitrogen and oxygen atoms in total. The number of rotatable bonds is 4. The zero-order valence-electron chi connectivity index (χ0n) is 28.4. The van der Waals surface area contributed by atoms with Gasteiger partial charge in [-0.2, -0.15) is 0 Å². The van der Waals surface area contributed by atoms with Crippen LogP contribution in [0.4, 0.5) is 9.59 Å². The standard InChI is InChI=1S/C30H52N6O8.H2O/c1-29(2,3)35(21-15-17(11-13-19(21)31)23(37)33(7)8)27(41)43-25(39)26(40)44-28(42)36(30(4,5)6)22-16-18(12-14-20(22)32)24(38)34(9)10;/h17-22H,11-16,31-32H2,1-10H3;1H2/t17-,18-,19-,20-,21+,22+;/m0./s1. The fourth-order valence-electron chi connectivity index (χ4n) is 6.27. The molecule has 0 saturated heterocycles. The molecule has 0 unspecified atom stereocenters. The summed E-state index contributed by atoms with van der Waals surface area (Å²) in [6, 6.07) is -2.31. The van der Waals surface area contributed by atoms with E-state index in [2.05, 4.69) is 0 Å². The lowest BCUT2D eigenvalue weighted by molar-refractivity contribution is -0.162. The zero-order chi connectivity index (χ0) is 33.9. The van der Waals surface area contributed by atoms with Crippen molar-refractivity contribution in [3.63, 3.8) is 0 Å². The predicted molar refractivity (Wildman–Crippen MR) is 165 cm³/mol. The molecule has 0 aromatic rings. The molecular formula is C30H54N6O9. The van der Waals surface area contributed by atoms with Crippen LogP contribution in [0.2, 0.25) is 0 Å². The van der Waals surface area contributed by atoms with E-state index in [1.54, 1.807) is 69.7 Å². The Morgan fingerprint density at radius 2 is 0.867 bits per heavy atom. The van der Waals surface area contributed by atoms with Crippen molar-refractivity contribution in [2.75, 3.05) is 28.2 Å². The molecule has 6 N–H and O–H groups in total. The quantitative estimate of drug-likeness (QED) is 0.250. The van der Waals surface area contributed by atoms with E-state index in [-0.39, 0.29) is 42.0 Å². The van der Waals surface area contributed by atoms with Gasteiger partial charge in [0.1, 0.15) is 0 Å². The van der Waals surface area contributed by atoms with Gasteiger partial charge in [0.15, 0.2) is 0 Å². The normalized spacial score (nSPS) is 25.2. The van der Waals surface area contributed by atoms with E-state index in [1.165, 1.54) is 19.6 Å². The summed E-state index contributed by atoms with van der Waals surface area (Å²) >= 11 is 0. The largest absolute Gasteiger partial charge is 0.426 e. The molecule has 45 heavy (non-hydrogen) atoms. The first kappa shape index (κ1) is 39.7. The minimum absolute atomic E-state index is 0. The van der Waals surface area contributed by atoms with Gasteiger partial charge in [0.05, 0.1) is 12.1 Å². The van der Waals surface area contributed by atoms with Crippen molar-refractivity contribution in [3.8, 4) is 0 Å². The lowest BCUT2D eigenvalue weighted by Gasteiger charge is -2.46. The van der Waals surface area contributed by atoms with Gasteiger partial charge >= 0.3 is 24.1 Å². The number of nitrogens with two attached hydrogens (primary N) is 2. The van der Waals surface area contributed by atoms with Crippen LogP contribution in [-0.2, 0) is 28.7 Å². The van der Waals surface area contributed by atoms with Crippen LogP contribution in [0.3, 0.4) is 0 Å². The van der Waals surface area contributed by atoms with E-state index in [9.17, 15) is 28.8 Å². The fraction of sp³-hybridized carbons (Fsp3) is 0.800. The zero-order valence-corrected chi connectivity index (χ0v) is 28.4. The van der Waals surface area contributed by atoms with Crippen molar-refractivity contribution in [2.45, 2.75) is 115 Å². The van der Waals surface area contributed by atoms with E-state index < -0.39 is 59.4 Å². The molecule has 0 aromatic carbocycles. The molecule has 4 amide bonds. The van der Waals surface area contributed by atoms with Crippen LogP contribution in [0.5, 0.6) is 0 Å². The second-order valence-electron chi connectivity index (χ2n) is 14.3. The van der Waals surface area contributed by atoms with E-state index in [0.29, 0.717) is 25.7 Å². The van der Waals surface area contributed by atoms with Gasteiger partial charge in [0.2, 0.25) is 11.8 Å². The Hall–Kier alpha value is -3.30. The molecule has 0 radical (unpaired) electrons. The molecule has 0 bridgehead atoms. The number of hydrogen-bond donors (Lipinski definition) is 2. The van der Waals surface area contributed by atoms with Gasteiger partial charge in [-0.25, -0.2) is 19.2 Å². The summed E-state index contributed by atoms with van der Waals surface area (Å²) in [5, 5.41) is 0. The van der Waals surface area contributed by atoms with Gasteiger partial charge in [-0.3, -0.25) is 19.4 Å². The maximum absolute atomic E-state index is 13.4. The van der Waals surface area contributed by atoms with Gasteiger partial charge in [0.25, 0.3) is 0 Å². The highest BCUT2D eigenvalue weighted by Crippen LogP contribution is 2.34. The highest BCUT2D eigenvalue weighted by Gasteiger charge is 2.46. The predicted octanol–water partition coefficient (Wildman–Crippen LogP) is 0.858. The van der Waals surface area contributed by atoms with Crippen molar-refractivity contribution >= 4 is 35.9 Å². The lowest BCUT2D eigenvalue weighted by atomic mass is 9.80. The fourth-order valence-corrected chi connectivity index (χ4v) is 6.27. The Bertz CT molecular complexity index is 1030. The van der Waals surface area contributed by atoms with Crippen molar-refractivity contribution in [3.05, 3.63) is 0 Å². The van der Waals surface area contributed by atoms with Crippen molar-refractivity contribution in [2.24, 2.45) is 23.3 Å². The molecule has 258 valence electrons. The molecule has 2 aliphatic rings. The molecule has 2 rings (SSSR count). The maximum atomic E-state index is 13.4. The van der Waals surface area contributed by atoms with Gasteiger partial charge in [0, 0.05) is 63.2 Å². The summed E-state index contributed by atoms with van der Waals surface area (Å²) in [5.74, 6) is -4.31. The number of hydrogen-bond acceptors (Lipinski definition) is 10. The smallest absolute Gasteiger partial charge is 0.412 e. The molecule has 0 aliphatic heterocycles. The molecule has 2 saturated carbocycles. The Morgan fingerprint density at radius 1 is 0.578 bits per heavy atom. The van der Waals surface area contributed by atoms with E-state index in [0.717, 1.165) is 0 Å². The van der Waals surface area contributed by atoms with Gasteiger partial charge < -0.3 is 36.2 Å². The van der Waals surface area contributed by atoms with Gasteiger partial charge in [-0.15, -0.1) is 0 Å². The summed E-state index contributed by atoms with van der Waals surface area (Å²) in [6.07, 6.45) is 0.248. The van der Waals surface area contributed by atoms with Crippen molar-refractivity contribution in [1.29, 1.82) is 0 Å². The summed E-state index contributed by atoms with van der Waals surface area (Å²) in [7, 11) is 6.60. The van der Waals surface area contributed by atoms with Crippen LogP contribution in [0.1, 0.15) is 80.1 Å². The third-order valence-corrected chi connectivity index (χ3v) is 8.35. The van der Waals surface area contributed by atoms with Crippen LogP contribution in [0, 0.1) is 11.8 Å². The van der Waals surface area contributed by atoms with E-state index in [4.69, 9.17) is 20.9 Å². The van der Waals surface area contributed by atoms with Crippen molar-refractivity contribution in [1.82, 2.24) is 19.6 Å². The molecule has 0 heterocycles. The molecule has 0 spiro atoms. The molecule has 2 fully saturated rings. The number of carbonyl (C=O) groups excluding carboxylic acids is 6. The van der Waals surface area contributed by atoms with E-state index in [1.807, 2.05) is 0 Å². The van der Waals surface area contributed by atoms with Crippen molar-refractivity contribution < 1.29 is 43.7 Å². The number of amides is 4. The number of carbonyl (C=O) groups is 6. The number of ether oxygens (including phenoxy) is 2. The lowest BCUT2D eigenvalue weighted by Crippen LogP contribution is -2.61. The second-order valence-corrected chi connectivity index (χ2v) is 14.3. The number of nitrogens with zero attached hydrogens (tertiary/aromatic N) is 4. The average Bonchev–Trinajstić information content (AvgIpc) is 2.88. The summed E-state index contributed by atoms with van der Waals surface area (Å²) in [5.41, 5.74) is 11.0. The summed E-state index contributed by atoms with van der Waals surface area (Å²) in [4.78, 5) is 83.2. The molecule has 2 aliphatic carbocycles. The van der Waals surface area contributed by atoms with Crippen LogP contribution >= 0.6 is 0 Å². The monoisotopic (exact) mass is 642 g/mol. The second kappa shape index (κ2) is 15.3. The van der Waals surface area contributed by atoms with Gasteiger partial charge in [-0.05, 0) is 80.1 Å². The van der Waals surface area contributed by atoms with E-state index >= 15 is 0 Å². The average molecular weight is 643 g/mol. The first-order valence-electron chi connectivity index (χ1n) is 15.1. The first-order chi connectivity index (χ1) is 20.1. The highest BCUT2D eigenvalue weighted by molar-refractivity contribution is 6.33. The Kier molecular flexibility index (Phi) is 13.5. The Labute approximate surface area is 266 Å². The molecule has 6 atom stereocenters. The summed E-state index contributed by atoms with van der Waals surface area (Å²) in [6.45, 7) is 10.3. The maximum Gasteiger partial charge on any atom is 0.426 e. The van der Waals surface area contributed by atoms with Crippen LogP contribution in [-0.4, -0.2) is 124 Å². The minimum Gasteiger partial charge on any atom is -0.412 e. The third kappa shape index (κ3) is 9.84. The van der Waals surface area contributed by atoms with Crippen LogP contribution in [0.25, 0.3) is 0 Å². The van der Waals surface area contributed by atoms with Gasteiger partial charge in [-0.1, -0.05) is 0 Å². The molecule has 15 heteroatoms. The SMILES string of the molecule is CN(C)C(=O)[C@H]1CC[C@H](N)[C@H](N(C(=O)OC(=O)C(=O)OC(=O)N([C@@H]2C[C@@H](C(=O)N(C)C)CC[C@@H]2N)C(C)(C)C)C(C)(C)C)C1.O. The van der Waals surface area contributed by atoms with Crippen LogP contribution < -0.4 is 11.5 Å². The number of esters is 2. The van der Waals surface area contributed by atoms with Crippen LogP contribution in [0.15, 0.2) is 0 Å². The molecular weight excluding hydrogens is 588 g/mol. The Balaban J connectivity index is 0.0000101. The summed E-state index contributed by atoms with van der Waals surface area (Å²) < 4.78 is 9.86. The highest BCUT2D eigenvalue weighted by atomic mass is 16.7.